The van der Waals surface area contributed by atoms with Crippen LogP contribution in [0.5, 0.6) is 0 Å². The molecule has 7 heteroatoms. The van der Waals surface area contributed by atoms with E-state index < -0.39 is 22.6 Å². The molecule has 0 spiro atoms. The fourth-order valence-electron chi connectivity index (χ4n) is 2.82. The Kier molecular flexibility index (Phi) is 6.19. The van der Waals surface area contributed by atoms with Gasteiger partial charge in [-0.05, 0) is 48.9 Å². The van der Waals surface area contributed by atoms with Gasteiger partial charge in [0.25, 0.3) is 0 Å². The van der Waals surface area contributed by atoms with Crippen molar-refractivity contribution < 1.29 is 22.7 Å². The van der Waals surface area contributed by atoms with E-state index in [0.29, 0.717) is 17.0 Å². The minimum Gasteiger partial charge on any atom is -0.454 e. The molecular formula is C22H25NO5S. The number of ether oxygens (including phenoxy) is 1. The number of carbonyl (C=O) groups excluding carboxylic acids is 2. The van der Waals surface area contributed by atoms with E-state index >= 15 is 0 Å². The largest absolute Gasteiger partial charge is 0.454 e. The molecule has 1 N–H and O–H groups in total. The summed E-state index contributed by atoms with van der Waals surface area (Å²) in [7, 11) is -3.68. The summed E-state index contributed by atoms with van der Waals surface area (Å²) in [5.41, 5.74) is 2.29. The Morgan fingerprint density at radius 1 is 1.10 bits per heavy atom. The maximum Gasteiger partial charge on any atom is 0.338 e. The van der Waals surface area contributed by atoms with Gasteiger partial charge in [-0.25, -0.2) is 17.9 Å². The Morgan fingerprint density at radius 3 is 2.34 bits per heavy atom. The molecule has 2 aromatic carbocycles. The topological polar surface area (TPSA) is 89.5 Å². The van der Waals surface area contributed by atoms with E-state index in [-0.39, 0.29) is 22.3 Å². The number of hydrogen-bond donors (Lipinski definition) is 1. The molecule has 0 unspecified atom stereocenters. The molecule has 0 aliphatic heterocycles. The van der Waals surface area contributed by atoms with Crippen molar-refractivity contribution in [3.63, 3.8) is 0 Å². The number of ketones is 1. The summed E-state index contributed by atoms with van der Waals surface area (Å²) in [6.07, 6.45) is 1.64. The molecule has 1 aliphatic rings. The molecule has 1 fully saturated rings. The van der Waals surface area contributed by atoms with E-state index in [1.54, 1.807) is 25.1 Å². The second kappa shape index (κ2) is 8.47. The third-order valence-electron chi connectivity index (χ3n) is 4.87. The second-order valence-electron chi connectivity index (χ2n) is 7.65. The summed E-state index contributed by atoms with van der Waals surface area (Å²) in [5.74, 6) is -0.679. The zero-order valence-electron chi connectivity index (χ0n) is 16.8. The Hall–Kier alpha value is -2.51. The number of Topliss-reactive ketones (excluding diaryl/α,β-unsaturated/α-hetero) is 1. The van der Waals surface area contributed by atoms with Crippen molar-refractivity contribution in [2.75, 3.05) is 6.61 Å². The Bertz CT molecular complexity index is 1020. The lowest BCUT2D eigenvalue weighted by molar-refractivity contribution is 0.0473. The van der Waals surface area contributed by atoms with Crippen molar-refractivity contribution in [1.82, 2.24) is 4.72 Å². The van der Waals surface area contributed by atoms with Crippen molar-refractivity contribution in [2.45, 2.75) is 50.5 Å². The summed E-state index contributed by atoms with van der Waals surface area (Å²) in [6.45, 7) is 5.41. The highest BCUT2D eigenvalue weighted by molar-refractivity contribution is 7.89. The number of nitrogens with one attached hydrogen (secondary N) is 1. The fraction of sp³-hybridized carbons (Fsp3) is 0.364. The quantitative estimate of drug-likeness (QED) is 0.526. The highest BCUT2D eigenvalue weighted by Crippen LogP contribution is 2.23. The number of aryl methyl sites for hydroxylation is 1. The molecule has 0 atom stereocenters. The van der Waals surface area contributed by atoms with Crippen LogP contribution in [0.4, 0.5) is 0 Å². The molecule has 1 aliphatic carbocycles. The molecular weight excluding hydrogens is 390 g/mol. The van der Waals surface area contributed by atoms with Crippen LogP contribution in [0.2, 0.25) is 0 Å². The average Bonchev–Trinajstić information content (AvgIpc) is 3.49. The number of hydrogen-bond acceptors (Lipinski definition) is 5. The Morgan fingerprint density at radius 2 is 1.76 bits per heavy atom. The van der Waals surface area contributed by atoms with E-state index in [0.717, 1.165) is 18.4 Å². The molecule has 29 heavy (non-hydrogen) atoms. The predicted molar refractivity (Wildman–Crippen MR) is 110 cm³/mol. The molecule has 6 nitrogen and oxygen atoms in total. The maximum atomic E-state index is 12.5. The molecule has 0 saturated heterocycles. The predicted octanol–water partition coefficient (Wildman–Crippen LogP) is 3.60. The minimum atomic E-state index is -3.68. The standard InChI is InChI=1S/C22H25NO5S/c1-14(2)16-5-7-17(8-6-16)21(24)13-28-22(25)20-12-19(11-4-15(20)3)29(26,27)23-18-9-10-18/h4-8,11-12,14,18,23H,9-10,13H2,1-3H3. The van der Waals surface area contributed by atoms with Gasteiger partial charge in [-0.3, -0.25) is 4.79 Å². The van der Waals surface area contributed by atoms with Crippen molar-refractivity contribution in [3.8, 4) is 0 Å². The van der Waals surface area contributed by atoms with Crippen LogP contribution < -0.4 is 4.72 Å². The van der Waals surface area contributed by atoms with Gasteiger partial charge < -0.3 is 4.74 Å². The first-order valence-corrected chi connectivity index (χ1v) is 11.1. The van der Waals surface area contributed by atoms with Crippen LogP contribution >= 0.6 is 0 Å². The number of sulfonamides is 1. The molecule has 0 bridgehead atoms. The van der Waals surface area contributed by atoms with Gasteiger partial charge in [-0.2, -0.15) is 0 Å². The van der Waals surface area contributed by atoms with Crippen LogP contribution in [-0.4, -0.2) is 32.8 Å². The molecule has 3 rings (SSSR count). The number of esters is 1. The number of rotatable bonds is 8. The molecule has 0 radical (unpaired) electrons. The van der Waals surface area contributed by atoms with Crippen molar-refractivity contribution in [3.05, 3.63) is 64.7 Å². The molecule has 0 heterocycles. The summed E-state index contributed by atoms with van der Waals surface area (Å²) < 4.78 is 32.5. The summed E-state index contributed by atoms with van der Waals surface area (Å²) in [6, 6.07) is 11.5. The SMILES string of the molecule is Cc1ccc(S(=O)(=O)NC2CC2)cc1C(=O)OCC(=O)c1ccc(C(C)C)cc1. The van der Waals surface area contributed by atoms with Crippen LogP contribution in [0.3, 0.4) is 0 Å². The van der Waals surface area contributed by atoms with E-state index in [9.17, 15) is 18.0 Å². The van der Waals surface area contributed by atoms with Gasteiger partial charge >= 0.3 is 5.97 Å². The van der Waals surface area contributed by atoms with Crippen molar-refractivity contribution in [2.24, 2.45) is 0 Å². The lowest BCUT2D eigenvalue weighted by Gasteiger charge is -2.11. The first-order valence-electron chi connectivity index (χ1n) is 9.60. The normalized spacial score (nSPS) is 14.1. The van der Waals surface area contributed by atoms with E-state index in [4.69, 9.17) is 4.74 Å². The van der Waals surface area contributed by atoms with Gasteiger partial charge in [0.05, 0.1) is 10.5 Å². The van der Waals surface area contributed by atoms with E-state index in [1.165, 1.54) is 12.1 Å². The van der Waals surface area contributed by atoms with Crippen LogP contribution in [0, 0.1) is 6.92 Å². The van der Waals surface area contributed by atoms with Gasteiger partial charge in [0.1, 0.15) is 0 Å². The van der Waals surface area contributed by atoms with Gasteiger partial charge in [0.15, 0.2) is 12.4 Å². The third-order valence-corrected chi connectivity index (χ3v) is 6.39. The molecule has 0 amide bonds. The van der Waals surface area contributed by atoms with Gasteiger partial charge in [-0.15, -0.1) is 0 Å². The van der Waals surface area contributed by atoms with Crippen LogP contribution in [-0.2, 0) is 14.8 Å². The monoisotopic (exact) mass is 415 g/mol. The maximum absolute atomic E-state index is 12.5. The smallest absolute Gasteiger partial charge is 0.338 e. The lowest BCUT2D eigenvalue weighted by Crippen LogP contribution is -2.26. The summed E-state index contributed by atoms with van der Waals surface area (Å²) in [5, 5.41) is 0. The number of benzene rings is 2. The van der Waals surface area contributed by atoms with Gasteiger partial charge in [0.2, 0.25) is 10.0 Å². The van der Waals surface area contributed by atoms with Crippen LogP contribution in [0.15, 0.2) is 47.4 Å². The molecule has 154 valence electrons. The highest BCUT2D eigenvalue weighted by atomic mass is 32.2. The summed E-state index contributed by atoms with van der Waals surface area (Å²) in [4.78, 5) is 24.8. The average molecular weight is 416 g/mol. The first-order chi connectivity index (χ1) is 13.7. The lowest BCUT2D eigenvalue weighted by atomic mass is 10.0. The van der Waals surface area contributed by atoms with Crippen molar-refractivity contribution >= 4 is 21.8 Å². The van der Waals surface area contributed by atoms with E-state index in [2.05, 4.69) is 18.6 Å². The van der Waals surface area contributed by atoms with Gasteiger partial charge in [-0.1, -0.05) is 44.2 Å². The highest BCUT2D eigenvalue weighted by Gasteiger charge is 2.28. The van der Waals surface area contributed by atoms with Crippen LogP contribution in [0.25, 0.3) is 0 Å². The van der Waals surface area contributed by atoms with Crippen molar-refractivity contribution in [1.29, 1.82) is 0 Å². The van der Waals surface area contributed by atoms with Crippen LogP contribution in [0.1, 0.15) is 64.4 Å². The number of carbonyl (C=O) groups is 2. The second-order valence-corrected chi connectivity index (χ2v) is 9.36. The molecule has 1 saturated carbocycles. The Balaban J connectivity index is 1.68. The molecule has 2 aromatic rings. The van der Waals surface area contributed by atoms with Gasteiger partial charge in [0, 0.05) is 11.6 Å². The zero-order valence-corrected chi connectivity index (χ0v) is 17.6. The molecule has 0 aromatic heterocycles. The summed E-state index contributed by atoms with van der Waals surface area (Å²) >= 11 is 0. The fourth-order valence-corrected chi connectivity index (χ4v) is 4.15. The van der Waals surface area contributed by atoms with E-state index in [1.807, 2.05) is 12.1 Å². The third kappa shape index (κ3) is 5.31. The first kappa shape index (κ1) is 21.2. The minimum absolute atomic E-state index is 0.0116. The Labute approximate surface area is 171 Å². The zero-order chi connectivity index (χ0) is 21.2.